The minimum absolute atomic E-state index is 0.0283. The minimum Gasteiger partial charge on any atom is -0.443 e. The maximum atomic E-state index is 12.6. The molecule has 0 saturated carbocycles. The second kappa shape index (κ2) is 6.31. The number of aryl methyl sites for hydroxylation is 1. The molecule has 6 heteroatoms. The summed E-state index contributed by atoms with van der Waals surface area (Å²) in [4.78, 5) is 12.6. The number of amides is 1. The fourth-order valence-electron chi connectivity index (χ4n) is 2.93. The third-order valence-corrected chi connectivity index (χ3v) is 4.12. The van der Waals surface area contributed by atoms with Crippen LogP contribution in [0, 0.1) is 18.3 Å². The van der Waals surface area contributed by atoms with Gasteiger partial charge < -0.3 is 14.5 Å². The van der Waals surface area contributed by atoms with Gasteiger partial charge in [-0.3, -0.25) is 9.36 Å². The Morgan fingerprint density at radius 3 is 2.83 bits per heavy atom. The molecule has 0 radical (unpaired) electrons. The smallest absolute Gasteiger partial charge is 0.256 e. The van der Waals surface area contributed by atoms with Crippen LogP contribution in [0.3, 0.4) is 0 Å². The first-order valence-electron chi connectivity index (χ1n) is 7.71. The van der Waals surface area contributed by atoms with E-state index in [-0.39, 0.29) is 23.6 Å². The number of nitrogens with one attached hydrogen (secondary N) is 1. The molecule has 1 aliphatic heterocycles. The number of nitriles is 1. The number of furan rings is 1. The van der Waals surface area contributed by atoms with Gasteiger partial charge in [0.2, 0.25) is 5.88 Å². The lowest BCUT2D eigenvalue weighted by Crippen LogP contribution is -2.41. The van der Waals surface area contributed by atoms with Gasteiger partial charge in [-0.2, -0.15) is 5.26 Å². The van der Waals surface area contributed by atoms with E-state index in [1.165, 1.54) is 0 Å². The number of hydrogen-bond acceptors (Lipinski definition) is 4. The average molecular weight is 313 g/mol. The van der Waals surface area contributed by atoms with Crippen LogP contribution in [0.2, 0.25) is 0 Å². The highest BCUT2D eigenvalue weighted by Gasteiger charge is 2.28. The molecule has 0 unspecified atom stereocenters. The number of aromatic nitrogens is 1. The van der Waals surface area contributed by atoms with Gasteiger partial charge in [-0.25, -0.2) is 0 Å². The molecule has 23 heavy (non-hydrogen) atoms. The van der Waals surface area contributed by atoms with Crippen molar-refractivity contribution in [2.45, 2.75) is 38.8 Å². The van der Waals surface area contributed by atoms with Gasteiger partial charge in [0.1, 0.15) is 23.0 Å². The summed E-state index contributed by atoms with van der Waals surface area (Å²) in [7, 11) is 0. The molecule has 6 nitrogen and oxygen atoms in total. The summed E-state index contributed by atoms with van der Waals surface area (Å²) in [5, 5.41) is 12.4. The van der Waals surface area contributed by atoms with E-state index in [2.05, 4.69) is 11.4 Å². The van der Waals surface area contributed by atoms with Crippen LogP contribution in [-0.4, -0.2) is 29.2 Å². The Labute approximate surface area is 134 Å². The first kappa shape index (κ1) is 15.4. The Kier molecular flexibility index (Phi) is 4.22. The van der Waals surface area contributed by atoms with Crippen LogP contribution in [-0.2, 0) is 4.74 Å². The Morgan fingerprint density at radius 2 is 2.22 bits per heavy atom. The van der Waals surface area contributed by atoms with Crippen LogP contribution in [0.5, 0.6) is 0 Å². The highest BCUT2D eigenvalue weighted by Crippen LogP contribution is 2.26. The summed E-state index contributed by atoms with van der Waals surface area (Å²) >= 11 is 0. The van der Waals surface area contributed by atoms with Crippen molar-refractivity contribution in [1.82, 2.24) is 9.88 Å². The van der Waals surface area contributed by atoms with Crippen molar-refractivity contribution in [3.63, 3.8) is 0 Å². The van der Waals surface area contributed by atoms with Crippen LogP contribution in [0.25, 0.3) is 5.88 Å². The predicted octanol–water partition coefficient (Wildman–Crippen LogP) is 2.55. The SMILES string of the molecule is Cc1oc(-n2cccc2)c(C#N)c1C(=O)N[C@H](C)[C@@H]1CCCO1. The molecule has 3 rings (SSSR count). The third kappa shape index (κ3) is 2.88. The van der Waals surface area contributed by atoms with Crippen LogP contribution >= 0.6 is 0 Å². The van der Waals surface area contributed by atoms with Crippen LogP contribution < -0.4 is 5.32 Å². The van der Waals surface area contributed by atoms with Gasteiger partial charge in [-0.05, 0) is 38.8 Å². The molecule has 3 heterocycles. The van der Waals surface area contributed by atoms with E-state index in [0.29, 0.717) is 17.2 Å². The maximum absolute atomic E-state index is 12.6. The molecule has 1 aliphatic rings. The monoisotopic (exact) mass is 313 g/mol. The zero-order chi connectivity index (χ0) is 16.4. The normalized spacial score (nSPS) is 18.6. The topological polar surface area (TPSA) is 80.2 Å². The lowest BCUT2D eigenvalue weighted by atomic mass is 10.1. The van der Waals surface area contributed by atoms with Gasteiger partial charge >= 0.3 is 0 Å². The highest BCUT2D eigenvalue weighted by atomic mass is 16.5. The highest BCUT2D eigenvalue weighted by molar-refractivity contribution is 5.98. The van der Waals surface area contributed by atoms with Crippen molar-refractivity contribution < 1.29 is 13.9 Å². The lowest BCUT2D eigenvalue weighted by molar-refractivity contribution is 0.0711. The summed E-state index contributed by atoms with van der Waals surface area (Å²) in [5.41, 5.74) is 0.539. The predicted molar refractivity (Wildman–Crippen MR) is 83.4 cm³/mol. The number of carbonyl (C=O) groups excluding carboxylic acids is 1. The molecule has 0 aromatic carbocycles. The molecule has 0 spiro atoms. The molecule has 1 fully saturated rings. The Balaban J connectivity index is 1.87. The maximum Gasteiger partial charge on any atom is 0.256 e. The zero-order valence-electron chi connectivity index (χ0n) is 13.2. The molecular formula is C17H19N3O3. The van der Waals surface area contributed by atoms with E-state index in [1.807, 2.05) is 19.1 Å². The second-order valence-corrected chi connectivity index (χ2v) is 5.73. The van der Waals surface area contributed by atoms with Crippen molar-refractivity contribution in [2.24, 2.45) is 0 Å². The van der Waals surface area contributed by atoms with E-state index < -0.39 is 0 Å². The summed E-state index contributed by atoms with van der Waals surface area (Å²) in [6.45, 7) is 4.35. The first-order chi connectivity index (χ1) is 11.1. The molecular weight excluding hydrogens is 294 g/mol. The number of carbonyl (C=O) groups is 1. The van der Waals surface area contributed by atoms with Crippen LogP contribution in [0.15, 0.2) is 28.9 Å². The number of nitrogens with zero attached hydrogens (tertiary/aromatic N) is 2. The van der Waals surface area contributed by atoms with Gasteiger partial charge in [-0.15, -0.1) is 0 Å². The van der Waals surface area contributed by atoms with Crippen molar-refractivity contribution in [3.05, 3.63) is 41.4 Å². The van der Waals surface area contributed by atoms with Gasteiger partial charge in [0.05, 0.1) is 12.1 Å². The fourth-order valence-corrected chi connectivity index (χ4v) is 2.93. The fraction of sp³-hybridized carbons (Fsp3) is 0.412. The summed E-state index contributed by atoms with van der Waals surface area (Å²) < 4.78 is 12.9. The van der Waals surface area contributed by atoms with Gasteiger partial charge in [0.25, 0.3) is 5.91 Å². The molecule has 2 atom stereocenters. The van der Waals surface area contributed by atoms with Crippen LogP contribution in [0.4, 0.5) is 0 Å². The summed E-state index contributed by atoms with van der Waals surface area (Å²) in [6, 6.07) is 5.64. The molecule has 0 bridgehead atoms. The Bertz CT molecular complexity index is 734. The lowest BCUT2D eigenvalue weighted by Gasteiger charge is -2.19. The summed E-state index contributed by atoms with van der Waals surface area (Å²) in [5.74, 6) is 0.497. The molecule has 0 aliphatic carbocycles. The van der Waals surface area contributed by atoms with Crippen LogP contribution in [0.1, 0.15) is 41.4 Å². The Hall–Kier alpha value is -2.52. The standard InChI is InChI=1S/C17H19N3O3/c1-11(14-6-5-9-22-14)19-16(21)15-12(2)23-17(13(15)10-18)20-7-3-4-8-20/h3-4,7-8,11,14H,5-6,9H2,1-2H3,(H,19,21)/t11-,14+/m1/s1. The van der Waals surface area contributed by atoms with Crippen molar-refractivity contribution in [2.75, 3.05) is 6.61 Å². The molecule has 1 N–H and O–H groups in total. The number of ether oxygens (including phenoxy) is 1. The second-order valence-electron chi connectivity index (χ2n) is 5.73. The minimum atomic E-state index is -0.302. The molecule has 1 amide bonds. The average Bonchev–Trinajstić information content (AvgIpc) is 3.27. The first-order valence-corrected chi connectivity index (χ1v) is 7.71. The van der Waals surface area contributed by atoms with E-state index in [4.69, 9.17) is 9.15 Å². The van der Waals surface area contributed by atoms with E-state index in [1.54, 1.807) is 23.9 Å². The van der Waals surface area contributed by atoms with Crippen molar-refractivity contribution in [3.8, 4) is 12.0 Å². The quantitative estimate of drug-likeness (QED) is 0.940. The van der Waals surface area contributed by atoms with E-state index in [0.717, 1.165) is 19.4 Å². The largest absolute Gasteiger partial charge is 0.443 e. The third-order valence-electron chi connectivity index (χ3n) is 4.12. The molecule has 120 valence electrons. The Morgan fingerprint density at radius 1 is 1.48 bits per heavy atom. The molecule has 2 aromatic heterocycles. The number of rotatable bonds is 4. The van der Waals surface area contributed by atoms with Crippen molar-refractivity contribution >= 4 is 5.91 Å². The van der Waals surface area contributed by atoms with E-state index >= 15 is 0 Å². The van der Waals surface area contributed by atoms with Crippen molar-refractivity contribution in [1.29, 1.82) is 5.26 Å². The van der Waals surface area contributed by atoms with Gasteiger partial charge in [0, 0.05) is 19.0 Å². The van der Waals surface area contributed by atoms with Gasteiger partial charge in [0.15, 0.2) is 0 Å². The zero-order valence-corrected chi connectivity index (χ0v) is 13.2. The molecule has 1 saturated heterocycles. The molecule has 2 aromatic rings. The van der Waals surface area contributed by atoms with Gasteiger partial charge in [-0.1, -0.05) is 0 Å². The summed E-state index contributed by atoms with van der Waals surface area (Å²) in [6.07, 6.45) is 5.52. The number of hydrogen-bond donors (Lipinski definition) is 1. The van der Waals surface area contributed by atoms with E-state index in [9.17, 15) is 10.1 Å².